The van der Waals surface area contributed by atoms with Crippen LogP contribution in [0.5, 0.6) is 5.75 Å². The lowest BCUT2D eigenvalue weighted by atomic mass is 10.2. The van der Waals surface area contributed by atoms with Crippen molar-refractivity contribution < 1.29 is 19.1 Å². The molecule has 0 saturated carbocycles. The van der Waals surface area contributed by atoms with Gasteiger partial charge < -0.3 is 9.47 Å². The van der Waals surface area contributed by atoms with Crippen molar-refractivity contribution in [2.45, 2.75) is 13.8 Å². The minimum absolute atomic E-state index is 0.266. The van der Waals surface area contributed by atoms with E-state index in [9.17, 15) is 9.59 Å². The molecule has 0 heterocycles. The smallest absolute Gasteiger partial charge is 0.308 e. The summed E-state index contributed by atoms with van der Waals surface area (Å²) in [5.74, 6) is -0.102. The average molecular weight is 220 g/mol. The van der Waals surface area contributed by atoms with Crippen molar-refractivity contribution in [1.82, 2.24) is 0 Å². The SMILES string of the molecule is C=C(OC(C)=O)c1ccc(OC(C)=O)cc1. The van der Waals surface area contributed by atoms with Gasteiger partial charge in [-0.2, -0.15) is 0 Å². The van der Waals surface area contributed by atoms with E-state index >= 15 is 0 Å². The summed E-state index contributed by atoms with van der Waals surface area (Å²) in [5, 5.41) is 0. The van der Waals surface area contributed by atoms with E-state index in [1.54, 1.807) is 24.3 Å². The van der Waals surface area contributed by atoms with Crippen LogP contribution in [0.25, 0.3) is 5.76 Å². The molecule has 0 unspecified atom stereocenters. The zero-order valence-corrected chi connectivity index (χ0v) is 9.15. The third-order valence-corrected chi connectivity index (χ3v) is 1.70. The fourth-order valence-corrected chi connectivity index (χ4v) is 1.11. The Hall–Kier alpha value is -2.10. The van der Waals surface area contributed by atoms with Crippen molar-refractivity contribution in [3.63, 3.8) is 0 Å². The van der Waals surface area contributed by atoms with E-state index in [0.29, 0.717) is 11.3 Å². The molecular weight excluding hydrogens is 208 g/mol. The lowest BCUT2D eigenvalue weighted by Gasteiger charge is -2.06. The van der Waals surface area contributed by atoms with Crippen LogP contribution in [0.2, 0.25) is 0 Å². The van der Waals surface area contributed by atoms with Gasteiger partial charge in [-0.15, -0.1) is 0 Å². The van der Waals surface area contributed by atoms with Gasteiger partial charge in [0.2, 0.25) is 0 Å². The second kappa shape index (κ2) is 5.11. The van der Waals surface area contributed by atoms with Crippen LogP contribution in [0.4, 0.5) is 0 Å². The number of esters is 2. The Balaban J connectivity index is 2.74. The second-order valence-corrected chi connectivity index (χ2v) is 3.13. The van der Waals surface area contributed by atoms with Crippen molar-refractivity contribution in [3.8, 4) is 5.75 Å². The normalized spacial score (nSPS) is 9.38. The van der Waals surface area contributed by atoms with Gasteiger partial charge in [0.25, 0.3) is 0 Å². The quantitative estimate of drug-likeness (QED) is 0.445. The maximum absolute atomic E-state index is 10.7. The van der Waals surface area contributed by atoms with E-state index in [4.69, 9.17) is 9.47 Å². The third-order valence-electron chi connectivity index (χ3n) is 1.70. The molecule has 4 heteroatoms. The van der Waals surface area contributed by atoms with Crippen LogP contribution in [0.15, 0.2) is 30.8 Å². The molecule has 16 heavy (non-hydrogen) atoms. The molecule has 0 aliphatic rings. The van der Waals surface area contributed by atoms with Crippen molar-refractivity contribution >= 4 is 17.7 Å². The van der Waals surface area contributed by atoms with Crippen molar-refractivity contribution in [1.29, 1.82) is 0 Å². The van der Waals surface area contributed by atoms with Crippen LogP contribution in [-0.4, -0.2) is 11.9 Å². The molecule has 4 nitrogen and oxygen atoms in total. The van der Waals surface area contributed by atoms with E-state index in [2.05, 4.69) is 6.58 Å². The van der Waals surface area contributed by atoms with Crippen molar-refractivity contribution in [3.05, 3.63) is 36.4 Å². The molecule has 0 amide bonds. The lowest BCUT2D eigenvalue weighted by molar-refractivity contribution is -0.134. The first-order valence-electron chi connectivity index (χ1n) is 4.65. The van der Waals surface area contributed by atoms with Gasteiger partial charge in [0.1, 0.15) is 11.5 Å². The number of benzene rings is 1. The maximum atomic E-state index is 10.7. The number of hydrogen-bond acceptors (Lipinski definition) is 4. The minimum atomic E-state index is -0.422. The van der Waals surface area contributed by atoms with Gasteiger partial charge >= 0.3 is 11.9 Å². The largest absolute Gasteiger partial charge is 0.427 e. The Morgan fingerprint density at radius 3 is 2.06 bits per heavy atom. The number of carbonyl (C=O) groups excluding carboxylic acids is 2. The van der Waals surface area contributed by atoms with Crippen LogP contribution in [0, 0.1) is 0 Å². The van der Waals surface area contributed by atoms with Gasteiger partial charge in [-0.3, -0.25) is 9.59 Å². The van der Waals surface area contributed by atoms with Gasteiger partial charge in [0, 0.05) is 19.4 Å². The van der Waals surface area contributed by atoms with Crippen LogP contribution < -0.4 is 4.74 Å². The number of carbonyl (C=O) groups is 2. The Labute approximate surface area is 93.5 Å². The highest BCUT2D eigenvalue weighted by Crippen LogP contribution is 2.18. The van der Waals surface area contributed by atoms with Crippen molar-refractivity contribution in [2.24, 2.45) is 0 Å². The molecule has 1 aromatic rings. The summed E-state index contributed by atoms with van der Waals surface area (Å²) in [5.41, 5.74) is 0.658. The Bertz CT molecular complexity index is 417. The predicted molar refractivity (Wildman–Crippen MR) is 58.6 cm³/mol. The average Bonchev–Trinajstić information content (AvgIpc) is 2.16. The zero-order valence-electron chi connectivity index (χ0n) is 9.15. The number of ether oxygens (including phenoxy) is 2. The van der Waals surface area contributed by atoms with Gasteiger partial charge in [-0.1, -0.05) is 6.58 Å². The second-order valence-electron chi connectivity index (χ2n) is 3.13. The van der Waals surface area contributed by atoms with E-state index < -0.39 is 5.97 Å². The summed E-state index contributed by atoms with van der Waals surface area (Å²) in [6.45, 7) is 6.23. The molecule has 1 rings (SSSR count). The number of rotatable bonds is 3. The van der Waals surface area contributed by atoms with E-state index in [0.717, 1.165) is 0 Å². The summed E-state index contributed by atoms with van der Waals surface area (Å²) in [6.07, 6.45) is 0. The summed E-state index contributed by atoms with van der Waals surface area (Å²) in [4.78, 5) is 21.4. The topological polar surface area (TPSA) is 52.6 Å². The van der Waals surface area contributed by atoms with Gasteiger partial charge in [-0.25, -0.2) is 0 Å². The summed E-state index contributed by atoms with van der Waals surface area (Å²) in [7, 11) is 0. The van der Waals surface area contributed by atoms with Gasteiger partial charge in [-0.05, 0) is 24.3 Å². The van der Waals surface area contributed by atoms with E-state index in [1.807, 2.05) is 0 Å². The molecular formula is C12H12O4. The van der Waals surface area contributed by atoms with Crippen LogP contribution in [-0.2, 0) is 14.3 Å². The first-order valence-corrected chi connectivity index (χ1v) is 4.65. The highest BCUT2D eigenvalue weighted by atomic mass is 16.5. The molecule has 84 valence electrons. The molecule has 0 fully saturated rings. The molecule has 0 aromatic heterocycles. The van der Waals surface area contributed by atoms with Crippen LogP contribution in [0.3, 0.4) is 0 Å². The van der Waals surface area contributed by atoms with Crippen LogP contribution >= 0.6 is 0 Å². The molecule has 0 aliphatic heterocycles. The summed E-state index contributed by atoms with van der Waals surface area (Å²) < 4.78 is 9.67. The first-order chi connectivity index (χ1) is 7.49. The monoisotopic (exact) mass is 220 g/mol. The summed E-state index contributed by atoms with van der Waals surface area (Å²) >= 11 is 0. The number of hydrogen-bond donors (Lipinski definition) is 0. The Kier molecular flexibility index (Phi) is 3.83. The molecule has 0 radical (unpaired) electrons. The molecule has 0 N–H and O–H groups in total. The molecule has 1 aromatic carbocycles. The summed E-state index contributed by atoms with van der Waals surface area (Å²) in [6, 6.07) is 6.52. The van der Waals surface area contributed by atoms with E-state index in [1.165, 1.54) is 13.8 Å². The third kappa shape index (κ3) is 3.57. The Morgan fingerprint density at radius 2 is 1.62 bits per heavy atom. The standard InChI is InChI=1S/C12H12O4/c1-8(15-9(2)13)11-4-6-12(7-5-11)16-10(3)14/h4-7H,1H2,2-3H3. The minimum Gasteiger partial charge on any atom is -0.427 e. The van der Waals surface area contributed by atoms with E-state index in [-0.39, 0.29) is 11.7 Å². The fourth-order valence-electron chi connectivity index (χ4n) is 1.11. The van der Waals surface area contributed by atoms with Gasteiger partial charge in [0.15, 0.2) is 0 Å². The molecule has 0 atom stereocenters. The predicted octanol–water partition coefficient (Wildman–Crippen LogP) is 2.15. The fraction of sp³-hybridized carbons (Fsp3) is 0.167. The van der Waals surface area contributed by atoms with Crippen LogP contribution in [0.1, 0.15) is 19.4 Å². The molecule has 0 spiro atoms. The first kappa shape index (κ1) is 12.0. The maximum Gasteiger partial charge on any atom is 0.308 e. The zero-order chi connectivity index (χ0) is 12.1. The lowest BCUT2D eigenvalue weighted by Crippen LogP contribution is -2.01. The van der Waals surface area contributed by atoms with Gasteiger partial charge in [0.05, 0.1) is 0 Å². The highest BCUT2D eigenvalue weighted by molar-refractivity contribution is 5.75. The highest BCUT2D eigenvalue weighted by Gasteiger charge is 2.04. The Morgan fingerprint density at radius 1 is 1.06 bits per heavy atom. The molecule has 0 aliphatic carbocycles. The van der Waals surface area contributed by atoms with Crippen molar-refractivity contribution in [2.75, 3.05) is 0 Å². The molecule has 0 saturated heterocycles. The molecule has 0 bridgehead atoms.